The zero-order chi connectivity index (χ0) is 18.7. The molecule has 1 N–H and O–H groups in total. The predicted molar refractivity (Wildman–Crippen MR) is 99.4 cm³/mol. The summed E-state index contributed by atoms with van der Waals surface area (Å²) >= 11 is 6.86. The summed E-state index contributed by atoms with van der Waals surface area (Å²) in [5.41, 5.74) is 3.07. The lowest BCUT2D eigenvalue weighted by Crippen LogP contribution is -2.15. The van der Waals surface area contributed by atoms with Crippen molar-refractivity contribution in [2.24, 2.45) is 0 Å². The third kappa shape index (κ3) is 4.39. The highest BCUT2D eigenvalue weighted by atomic mass is 35.5. The van der Waals surface area contributed by atoms with Gasteiger partial charge in [-0.25, -0.2) is 4.39 Å². The molecular weight excluding hydrogens is 377 g/mol. The van der Waals surface area contributed by atoms with Gasteiger partial charge in [0.25, 0.3) is 0 Å². The Hall–Kier alpha value is -2.45. The molecule has 0 aliphatic heterocycles. The second-order valence-corrected chi connectivity index (χ2v) is 7.06. The molecule has 0 aliphatic rings. The first-order chi connectivity index (χ1) is 12.4. The maximum atomic E-state index is 13.7. The monoisotopic (exact) mass is 391 g/mol. The van der Waals surface area contributed by atoms with Crippen molar-refractivity contribution in [2.75, 3.05) is 11.1 Å². The van der Waals surface area contributed by atoms with Crippen LogP contribution in [0.25, 0.3) is 5.69 Å². The molecule has 0 fully saturated rings. The minimum absolute atomic E-state index is 0.0350. The third-order valence-corrected chi connectivity index (χ3v) is 4.58. The predicted octanol–water partition coefficient (Wildman–Crippen LogP) is 3.80. The van der Waals surface area contributed by atoms with Crippen molar-refractivity contribution in [1.29, 1.82) is 0 Å². The van der Waals surface area contributed by atoms with Gasteiger partial charge in [0.2, 0.25) is 11.1 Å². The molecule has 26 heavy (non-hydrogen) atoms. The summed E-state index contributed by atoms with van der Waals surface area (Å²) in [6.07, 6.45) is 0. The van der Waals surface area contributed by atoms with Gasteiger partial charge < -0.3 is 5.32 Å². The van der Waals surface area contributed by atoms with E-state index in [0.717, 1.165) is 34.6 Å². The molecule has 2 aromatic carbocycles. The molecule has 3 aromatic rings. The Morgan fingerprint density at radius 1 is 1.23 bits per heavy atom. The molecular formula is C17H15ClFN5OS. The maximum absolute atomic E-state index is 13.7. The van der Waals surface area contributed by atoms with E-state index < -0.39 is 5.82 Å². The van der Waals surface area contributed by atoms with Crippen LogP contribution < -0.4 is 5.32 Å². The van der Waals surface area contributed by atoms with E-state index in [4.69, 9.17) is 11.6 Å². The van der Waals surface area contributed by atoms with Crippen LogP contribution in [0, 0.1) is 19.7 Å². The summed E-state index contributed by atoms with van der Waals surface area (Å²) in [4.78, 5) is 12.1. The second-order valence-electron chi connectivity index (χ2n) is 5.68. The van der Waals surface area contributed by atoms with Gasteiger partial charge in [-0.15, -0.1) is 5.10 Å². The van der Waals surface area contributed by atoms with Crippen molar-refractivity contribution in [3.05, 3.63) is 58.4 Å². The van der Waals surface area contributed by atoms with Crippen molar-refractivity contribution in [3.8, 4) is 5.69 Å². The van der Waals surface area contributed by atoms with E-state index in [2.05, 4.69) is 26.9 Å². The number of carbonyl (C=O) groups excluding carboxylic acids is 1. The Kier molecular flexibility index (Phi) is 5.53. The van der Waals surface area contributed by atoms with E-state index in [1.165, 1.54) is 12.1 Å². The smallest absolute Gasteiger partial charge is 0.234 e. The van der Waals surface area contributed by atoms with Gasteiger partial charge in [-0.1, -0.05) is 29.4 Å². The van der Waals surface area contributed by atoms with Crippen LogP contribution in [-0.4, -0.2) is 31.9 Å². The Balaban J connectivity index is 1.69. The molecule has 1 amide bonds. The van der Waals surface area contributed by atoms with Gasteiger partial charge in [-0.2, -0.15) is 4.68 Å². The second kappa shape index (κ2) is 7.84. The molecule has 6 nitrogen and oxygen atoms in total. The number of hydrogen-bond acceptors (Lipinski definition) is 5. The molecule has 3 rings (SSSR count). The van der Waals surface area contributed by atoms with E-state index in [9.17, 15) is 9.18 Å². The number of nitrogens with one attached hydrogen (secondary N) is 1. The quantitative estimate of drug-likeness (QED) is 0.669. The van der Waals surface area contributed by atoms with Crippen molar-refractivity contribution in [1.82, 2.24) is 20.2 Å². The van der Waals surface area contributed by atoms with Crippen LogP contribution in [-0.2, 0) is 4.79 Å². The lowest BCUT2D eigenvalue weighted by atomic mass is 10.1. The molecule has 9 heteroatoms. The average molecular weight is 392 g/mol. The van der Waals surface area contributed by atoms with E-state index >= 15 is 0 Å². The van der Waals surface area contributed by atoms with Crippen LogP contribution in [0.15, 0.2) is 41.6 Å². The molecule has 0 spiro atoms. The number of nitrogens with zero attached hydrogens (tertiary/aromatic N) is 4. The average Bonchev–Trinajstić information content (AvgIpc) is 3.03. The first-order valence-corrected chi connectivity index (χ1v) is 9.03. The van der Waals surface area contributed by atoms with Gasteiger partial charge in [0.05, 0.1) is 17.1 Å². The Bertz CT molecular complexity index is 942. The van der Waals surface area contributed by atoms with Crippen LogP contribution in [0.4, 0.5) is 10.1 Å². The molecule has 0 saturated carbocycles. The lowest BCUT2D eigenvalue weighted by Gasteiger charge is -2.08. The summed E-state index contributed by atoms with van der Waals surface area (Å²) in [6, 6.07) is 10.0. The first-order valence-electron chi connectivity index (χ1n) is 7.67. The maximum Gasteiger partial charge on any atom is 0.234 e. The number of rotatable bonds is 5. The minimum Gasteiger partial charge on any atom is -0.323 e. The van der Waals surface area contributed by atoms with Crippen molar-refractivity contribution < 1.29 is 9.18 Å². The SMILES string of the molecule is Cc1cc(C)cc(-n2nnnc2SCC(=O)Nc2ccc(Cl)cc2F)c1. The number of benzene rings is 2. The molecule has 1 heterocycles. The summed E-state index contributed by atoms with van der Waals surface area (Å²) in [6.45, 7) is 3.98. The minimum atomic E-state index is -0.587. The molecule has 0 bridgehead atoms. The highest BCUT2D eigenvalue weighted by molar-refractivity contribution is 7.99. The normalized spacial score (nSPS) is 10.8. The van der Waals surface area contributed by atoms with Crippen LogP contribution >= 0.6 is 23.4 Å². The molecule has 0 atom stereocenters. The van der Waals surface area contributed by atoms with E-state index in [1.807, 2.05) is 26.0 Å². The Morgan fingerprint density at radius 2 is 1.96 bits per heavy atom. The van der Waals surface area contributed by atoms with E-state index in [0.29, 0.717) is 5.16 Å². The highest BCUT2D eigenvalue weighted by Gasteiger charge is 2.13. The largest absolute Gasteiger partial charge is 0.323 e. The standard InChI is InChI=1S/C17H15ClFN5OS/c1-10-5-11(2)7-13(6-10)24-17(21-22-23-24)26-9-16(25)20-15-4-3-12(18)8-14(15)19/h3-8H,9H2,1-2H3,(H,20,25). The fourth-order valence-corrected chi connectivity index (χ4v) is 3.26. The summed E-state index contributed by atoms with van der Waals surface area (Å²) in [5, 5.41) is 14.9. The van der Waals surface area contributed by atoms with Gasteiger partial charge in [-0.3, -0.25) is 4.79 Å². The lowest BCUT2D eigenvalue weighted by molar-refractivity contribution is -0.113. The summed E-state index contributed by atoms with van der Waals surface area (Å²) in [5.74, 6) is -0.921. The molecule has 0 radical (unpaired) electrons. The fourth-order valence-electron chi connectivity index (χ4n) is 2.41. The van der Waals surface area contributed by atoms with Crippen LogP contribution in [0.5, 0.6) is 0 Å². The van der Waals surface area contributed by atoms with Crippen molar-refractivity contribution in [2.45, 2.75) is 19.0 Å². The topological polar surface area (TPSA) is 72.7 Å². The van der Waals surface area contributed by atoms with Gasteiger partial charge in [-0.05, 0) is 65.7 Å². The zero-order valence-corrected chi connectivity index (χ0v) is 15.6. The number of carbonyl (C=O) groups is 1. The molecule has 1 aromatic heterocycles. The first kappa shape index (κ1) is 18.3. The number of thioether (sulfide) groups is 1. The molecule has 0 saturated heterocycles. The van der Waals surface area contributed by atoms with Gasteiger partial charge in [0.15, 0.2) is 0 Å². The van der Waals surface area contributed by atoms with E-state index in [1.54, 1.807) is 4.68 Å². The molecule has 0 aliphatic carbocycles. The van der Waals surface area contributed by atoms with Crippen LogP contribution in [0.1, 0.15) is 11.1 Å². The summed E-state index contributed by atoms with van der Waals surface area (Å²) < 4.78 is 15.3. The zero-order valence-electron chi connectivity index (χ0n) is 14.0. The van der Waals surface area contributed by atoms with Gasteiger partial charge in [0.1, 0.15) is 5.82 Å². The highest BCUT2D eigenvalue weighted by Crippen LogP contribution is 2.22. The van der Waals surface area contributed by atoms with Crippen molar-refractivity contribution in [3.63, 3.8) is 0 Å². The van der Waals surface area contributed by atoms with Gasteiger partial charge in [0, 0.05) is 5.02 Å². The Labute approximate surface area is 158 Å². The molecule has 134 valence electrons. The van der Waals surface area contributed by atoms with E-state index in [-0.39, 0.29) is 22.4 Å². The van der Waals surface area contributed by atoms with Crippen molar-refractivity contribution >= 4 is 35.0 Å². The number of halogens is 2. The number of hydrogen-bond donors (Lipinski definition) is 1. The van der Waals surface area contributed by atoms with Crippen LogP contribution in [0.3, 0.4) is 0 Å². The number of anilines is 1. The van der Waals surface area contributed by atoms with Gasteiger partial charge >= 0.3 is 0 Å². The van der Waals surface area contributed by atoms with Crippen LogP contribution in [0.2, 0.25) is 5.02 Å². The molecule has 0 unspecified atom stereocenters. The summed E-state index contributed by atoms with van der Waals surface area (Å²) in [7, 11) is 0. The fraction of sp³-hybridized carbons (Fsp3) is 0.176. The number of tetrazole rings is 1. The number of amides is 1. The number of aromatic nitrogens is 4. The Morgan fingerprint density at radius 3 is 2.65 bits per heavy atom. The number of aryl methyl sites for hydroxylation is 2. The third-order valence-electron chi connectivity index (χ3n) is 3.43.